The van der Waals surface area contributed by atoms with Gasteiger partial charge in [0.25, 0.3) is 0 Å². The molecule has 0 aromatic heterocycles. The van der Waals surface area contributed by atoms with Crippen molar-refractivity contribution in [3.8, 4) is 5.75 Å². The van der Waals surface area contributed by atoms with E-state index in [-0.39, 0.29) is 12.3 Å². The molecule has 154 valence electrons. The maximum absolute atomic E-state index is 11.2. The quantitative estimate of drug-likeness (QED) is 0.599. The first-order valence-electron chi connectivity index (χ1n) is 10.4. The van der Waals surface area contributed by atoms with Gasteiger partial charge in [0.2, 0.25) is 0 Å². The molecule has 1 aliphatic heterocycles. The molecule has 2 aromatic rings. The molecule has 1 N–H and O–H groups in total. The minimum Gasteiger partial charge on any atom is -0.493 e. The van der Waals surface area contributed by atoms with Crippen LogP contribution in [0.3, 0.4) is 0 Å². The number of likely N-dealkylation sites (tertiary alicyclic amines) is 1. The average molecular weight is 414 g/mol. The molecular weight excluding hydrogens is 386 g/mol. The number of carboxylic acid groups (broad SMARTS) is 1. The van der Waals surface area contributed by atoms with Crippen LogP contribution in [0.15, 0.2) is 48.5 Å². The van der Waals surface area contributed by atoms with Crippen LogP contribution < -0.4 is 4.74 Å². The van der Waals surface area contributed by atoms with E-state index in [4.69, 9.17) is 16.3 Å². The van der Waals surface area contributed by atoms with Gasteiger partial charge in [0.15, 0.2) is 0 Å². The van der Waals surface area contributed by atoms with E-state index in [0.717, 1.165) is 42.3 Å². The fourth-order valence-electron chi connectivity index (χ4n) is 4.33. The van der Waals surface area contributed by atoms with E-state index in [1.165, 1.54) is 5.56 Å². The first kappa shape index (κ1) is 20.2. The molecule has 1 aliphatic carbocycles. The number of benzene rings is 2. The number of hydrogen-bond donors (Lipinski definition) is 1. The van der Waals surface area contributed by atoms with Crippen molar-refractivity contribution >= 4 is 17.6 Å². The molecule has 0 bridgehead atoms. The molecule has 2 aliphatic rings. The molecule has 29 heavy (non-hydrogen) atoms. The van der Waals surface area contributed by atoms with Crippen molar-refractivity contribution in [1.82, 2.24) is 4.90 Å². The topological polar surface area (TPSA) is 49.8 Å². The Morgan fingerprint density at radius 2 is 1.97 bits per heavy atom. The van der Waals surface area contributed by atoms with Gasteiger partial charge in [-0.05, 0) is 60.9 Å². The monoisotopic (exact) mass is 413 g/mol. The fraction of sp³-hybridized carbons (Fsp3) is 0.458. The highest BCUT2D eigenvalue weighted by Crippen LogP contribution is 2.45. The van der Waals surface area contributed by atoms with Gasteiger partial charge >= 0.3 is 5.97 Å². The summed E-state index contributed by atoms with van der Waals surface area (Å²) in [5, 5.41) is 10.1. The van der Waals surface area contributed by atoms with Gasteiger partial charge in [-0.2, -0.15) is 0 Å². The number of carboxylic acids is 1. The summed E-state index contributed by atoms with van der Waals surface area (Å²) in [4.78, 5) is 13.6. The lowest BCUT2D eigenvalue weighted by Gasteiger charge is -2.43. The molecule has 4 rings (SSSR count). The summed E-state index contributed by atoms with van der Waals surface area (Å²) >= 11 is 6.33. The zero-order valence-corrected chi connectivity index (χ0v) is 17.5. The van der Waals surface area contributed by atoms with Crippen molar-refractivity contribution in [1.29, 1.82) is 0 Å². The second-order valence-electron chi connectivity index (χ2n) is 8.44. The Bertz CT molecular complexity index is 861. The Labute approximate surface area is 177 Å². The van der Waals surface area contributed by atoms with Crippen molar-refractivity contribution < 1.29 is 14.6 Å². The molecule has 1 heterocycles. The van der Waals surface area contributed by atoms with Gasteiger partial charge < -0.3 is 9.84 Å². The normalized spacial score (nSPS) is 19.4. The van der Waals surface area contributed by atoms with Crippen LogP contribution in [0.25, 0.3) is 0 Å². The molecule has 1 unspecified atom stereocenters. The summed E-state index contributed by atoms with van der Waals surface area (Å²) in [7, 11) is 0. The van der Waals surface area contributed by atoms with Crippen molar-refractivity contribution in [3.05, 3.63) is 64.7 Å². The van der Waals surface area contributed by atoms with Gasteiger partial charge in [0.05, 0.1) is 13.0 Å². The number of rotatable bonds is 9. The van der Waals surface area contributed by atoms with E-state index in [2.05, 4.69) is 17.9 Å². The second-order valence-corrected chi connectivity index (χ2v) is 8.85. The molecular formula is C24H28ClNO3. The summed E-state index contributed by atoms with van der Waals surface area (Å²) in [6.45, 7) is 4.87. The van der Waals surface area contributed by atoms with Crippen LogP contribution in [-0.2, 0) is 4.79 Å². The van der Waals surface area contributed by atoms with Crippen molar-refractivity contribution in [2.45, 2.75) is 38.1 Å². The number of ether oxygens (including phenoxy) is 1. The highest BCUT2D eigenvalue weighted by Gasteiger charge is 2.34. The third-order valence-electron chi connectivity index (χ3n) is 6.25. The Morgan fingerprint density at radius 3 is 2.66 bits per heavy atom. The predicted octanol–water partition coefficient (Wildman–Crippen LogP) is 5.38. The molecule has 0 amide bonds. The summed E-state index contributed by atoms with van der Waals surface area (Å²) in [6, 6.07) is 16.4. The third kappa shape index (κ3) is 4.93. The van der Waals surface area contributed by atoms with Crippen LogP contribution in [0.1, 0.15) is 49.3 Å². The SMILES string of the molecule is CC(c1ccccc1Cl)N1CC(COc2cccc([C@@H](CC(=O)O)C3CC3)c2)C1. The molecule has 5 heteroatoms. The van der Waals surface area contributed by atoms with Gasteiger partial charge in [-0.1, -0.05) is 41.9 Å². The van der Waals surface area contributed by atoms with Crippen LogP contribution in [0.2, 0.25) is 5.02 Å². The molecule has 0 spiro atoms. The molecule has 2 fully saturated rings. The number of nitrogens with zero attached hydrogens (tertiary/aromatic N) is 1. The van der Waals surface area contributed by atoms with Crippen LogP contribution >= 0.6 is 11.6 Å². The van der Waals surface area contributed by atoms with Crippen molar-refractivity contribution in [2.24, 2.45) is 11.8 Å². The van der Waals surface area contributed by atoms with Gasteiger partial charge in [-0.15, -0.1) is 0 Å². The highest BCUT2D eigenvalue weighted by atomic mass is 35.5. The van der Waals surface area contributed by atoms with E-state index in [0.29, 0.717) is 24.5 Å². The van der Waals surface area contributed by atoms with E-state index < -0.39 is 5.97 Å². The lowest BCUT2D eigenvalue weighted by molar-refractivity contribution is -0.137. The predicted molar refractivity (Wildman–Crippen MR) is 115 cm³/mol. The van der Waals surface area contributed by atoms with Crippen LogP contribution in [-0.4, -0.2) is 35.7 Å². The smallest absolute Gasteiger partial charge is 0.303 e. The van der Waals surface area contributed by atoms with E-state index in [9.17, 15) is 9.90 Å². The summed E-state index contributed by atoms with van der Waals surface area (Å²) in [6.07, 6.45) is 2.46. The molecule has 1 saturated carbocycles. The molecule has 4 nitrogen and oxygen atoms in total. The number of carbonyl (C=O) groups is 1. The van der Waals surface area contributed by atoms with Crippen molar-refractivity contribution in [3.63, 3.8) is 0 Å². The lowest BCUT2D eigenvalue weighted by Crippen LogP contribution is -2.50. The minimum absolute atomic E-state index is 0.103. The average Bonchev–Trinajstić information content (AvgIpc) is 3.50. The molecule has 1 saturated heterocycles. The van der Waals surface area contributed by atoms with Gasteiger partial charge in [-0.3, -0.25) is 9.69 Å². The summed E-state index contributed by atoms with van der Waals surface area (Å²) < 4.78 is 6.06. The van der Waals surface area contributed by atoms with E-state index in [1.807, 2.05) is 42.5 Å². The first-order chi connectivity index (χ1) is 14.0. The Kier molecular flexibility index (Phi) is 6.12. The molecule has 0 radical (unpaired) electrons. The zero-order valence-electron chi connectivity index (χ0n) is 16.8. The first-order valence-corrected chi connectivity index (χ1v) is 10.8. The summed E-state index contributed by atoms with van der Waals surface area (Å²) in [5.41, 5.74) is 2.26. The Hall–Kier alpha value is -2.04. The van der Waals surface area contributed by atoms with Gasteiger partial charge in [-0.25, -0.2) is 0 Å². The fourth-order valence-corrected chi connectivity index (χ4v) is 4.63. The Balaban J connectivity index is 1.29. The molecule has 2 aromatic carbocycles. The number of aliphatic carboxylic acids is 1. The Morgan fingerprint density at radius 1 is 1.21 bits per heavy atom. The van der Waals surface area contributed by atoms with E-state index in [1.54, 1.807) is 0 Å². The highest BCUT2D eigenvalue weighted by molar-refractivity contribution is 6.31. The van der Waals surface area contributed by atoms with Crippen molar-refractivity contribution in [2.75, 3.05) is 19.7 Å². The largest absolute Gasteiger partial charge is 0.493 e. The maximum atomic E-state index is 11.2. The number of hydrogen-bond acceptors (Lipinski definition) is 3. The van der Waals surface area contributed by atoms with E-state index >= 15 is 0 Å². The maximum Gasteiger partial charge on any atom is 0.303 e. The molecule has 2 atom stereocenters. The van der Waals surface area contributed by atoms with Gasteiger partial charge in [0, 0.05) is 30.1 Å². The van der Waals surface area contributed by atoms with Gasteiger partial charge in [0.1, 0.15) is 5.75 Å². The second kappa shape index (κ2) is 8.76. The zero-order chi connectivity index (χ0) is 20.4. The number of halogens is 1. The van der Waals surface area contributed by atoms with Crippen LogP contribution in [0, 0.1) is 11.8 Å². The summed E-state index contributed by atoms with van der Waals surface area (Å²) in [5.74, 6) is 1.23. The lowest BCUT2D eigenvalue weighted by atomic mass is 9.91. The van der Waals surface area contributed by atoms with Crippen LogP contribution in [0.5, 0.6) is 5.75 Å². The van der Waals surface area contributed by atoms with Crippen LogP contribution in [0.4, 0.5) is 0 Å². The standard InChI is InChI=1S/C24H28ClNO3/c1-16(21-7-2-3-8-23(21)25)26-13-17(14-26)15-29-20-6-4-5-19(11-20)22(12-24(27)28)18-9-10-18/h2-8,11,16-18,22H,9-10,12-15H2,1H3,(H,27,28)/t16?,22-/m0/s1. The minimum atomic E-state index is -0.726. The third-order valence-corrected chi connectivity index (χ3v) is 6.59.